The third-order valence-electron chi connectivity index (χ3n) is 5.87. The summed E-state index contributed by atoms with van der Waals surface area (Å²) in [6.07, 6.45) is 1.96. The van der Waals surface area contributed by atoms with Crippen LogP contribution in [0.25, 0.3) is 17.0 Å². The van der Waals surface area contributed by atoms with Gasteiger partial charge in [-0.25, -0.2) is 4.99 Å². The minimum Gasteiger partial charge on any atom is -0.340 e. The second-order valence-electron chi connectivity index (χ2n) is 8.11. The molecule has 4 nitrogen and oxygen atoms in total. The topological polar surface area (TPSA) is 46.4 Å². The van der Waals surface area contributed by atoms with E-state index in [-0.39, 0.29) is 5.91 Å². The standard InChI is InChI=1S/C27H21Cl2N3OS/c1-16-13-19(28)11-12-23(16)30-27-31-26(33)25(34-27)14-21-17(2)32(24-10-6-4-8-20(21)24)15-18-7-3-5-9-22(18)29/h3-14H,15H2,1-2H3,(H,30,31,33)/b25-14-. The van der Waals surface area contributed by atoms with Crippen LogP contribution < -0.4 is 5.32 Å². The molecule has 170 valence electrons. The molecule has 0 saturated carbocycles. The van der Waals surface area contributed by atoms with E-state index in [1.54, 1.807) is 6.07 Å². The normalized spacial score (nSPS) is 16.1. The number of nitrogens with one attached hydrogen (secondary N) is 1. The molecule has 2 heterocycles. The van der Waals surface area contributed by atoms with Crippen LogP contribution in [0.1, 0.15) is 22.4 Å². The number of amidine groups is 1. The van der Waals surface area contributed by atoms with Crippen molar-refractivity contribution in [2.24, 2.45) is 4.99 Å². The van der Waals surface area contributed by atoms with Crippen LogP contribution >= 0.6 is 35.0 Å². The second-order valence-corrected chi connectivity index (χ2v) is 9.98. The van der Waals surface area contributed by atoms with Gasteiger partial charge in [0.2, 0.25) is 0 Å². The molecule has 1 amide bonds. The summed E-state index contributed by atoms with van der Waals surface area (Å²) >= 11 is 13.8. The van der Waals surface area contributed by atoms with E-state index in [9.17, 15) is 4.79 Å². The number of fused-ring (bicyclic) bond motifs is 1. The summed E-state index contributed by atoms with van der Waals surface area (Å²) in [5, 5.41) is 5.93. The van der Waals surface area contributed by atoms with Gasteiger partial charge in [0.25, 0.3) is 5.91 Å². The molecule has 1 saturated heterocycles. The highest BCUT2D eigenvalue weighted by atomic mass is 35.5. The van der Waals surface area contributed by atoms with E-state index in [0.29, 0.717) is 21.6 Å². The van der Waals surface area contributed by atoms with Gasteiger partial charge >= 0.3 is 0 Å². The molecule has 1 aliphatic rings. The van der Waals surface area contributed by atoms with Crippen molar-refractivity contribution in [3.05, 3.63) is 104 Å². The Morgan fingerprint density at radius 3 is 2.59 bits per heavy atom. The van der Waals surface area contributed by atoms with Gasteiger partial charge in [0, 0.05) is 38.8 Å². The third-order valence-corrected chi connectivity index (χ3v) is 7.39. The minimum absolute atomic E-state index is 0.155. The highest BCUT2D eigenvalue weighted by molar-refractivity contribution is 8.18. The van der Waals surface area contributed by atoms with E-state index in [1.807, 2.05) is 61.5 Å². The van der Waals surface area contributed by atoms with Crippen LogP contribution in [-0.4, -0.2) is 15.6 Å². The number of aryl methyl sites for hydroxylation is 1. The van der Waals surface area contributed by atoms with Gasteiger partial charge in [-0.2, -0.15) is 0 Å². The fraction of sp³-hybridized carbons (Fsp3) is 0.111. The maximum atomic E-state index is 12.8. The van der Waals surface area contributed by atoms with Crippen molar-refractivity contribution >= 4 is 68.7 Å². The van der Waals surface area contributed by atoms with Crippen molar-refractivity contribution in [3.63, 3.8) is 0 Å². The number of nitrogens with zero attached hydrogens (tertiary/aromatic N) is 2. The average Bonchev–Trinajstić information content (AvgIpc) is 3.29. The Labute approximate surface area is 212 Å². The average molecular weight is 506 g/mol. The molecule has 0 aliphatic carbocycles. The Morgan fingerprint density at radius 1 is 1.03 bits per heavy atom. The predicted octanol–water partition coefficient (Wildman–Crippen LogP) is 7.50. The second kappa shape index (κ2) is 9.34. The van der Waals surface area contributed by atoms with Crippen LogP contribution in [-0.2, 0) is 11.3 Å². The van der Waals surface area contributed by atoms with Crippen molar-refractivity contribution in [1.82, 2.24) is 9.88 Å². The Hall–Kier alpha value is -2.99. The molecule has 0 atom stereocenters. The smallest absolute Gasteiger partial charge is 0.264 e. The third kappa shape index (κ3) is 4.39. The summed E-state index contributed by atoms with van der Waals surface area (Å²) < 4.78 is 2.24. The monoisotopic (exact) mass is 505 g/mol. The lowest BCUT2D eigenvalue weighted by Gasteiger charge is -2.10. The van der Waals surface area contributed by atoms with Crippen LogP contribution in [0.5, 0.6) is 0 Å². The summed E-state index contributed by atoms with van der Waals surface area (Å²) in [4.78, 5) is 18.0. The zero-order valence-electron chi connectivity index (χ0n) is 18.6. The largest absolute Gasteiger partial charge is 0.340 e. The van der Waals surface area contributed by atoms with E-state index < -0.39 is 0 Å². The van der Waals surface area contributed by atoms with Gasteiger partial charge in [-0.3, -0.25) is 4.79 Å². The first-order chi connectivity index (χ1) is 16.4. The number of thioether (sulfide) groups is 1. The molecule has 0 radical (unpaired) electrons. The van der Waals surface area contributed by atoms with E-state index in [0.717, 1.165) is 44.0 Å². The first kappa shape index (κ1) is 22.8. The number of carbonyl (C=O) groups is 1. The Kier molecular flexibility index (Phi) is 6.26. The summed E-state index contributed by atoms with van der Waals surface area (Å²) in [7, 11) is 0. The Morgan fingerprint density at radius 2 is 1.79 bits per heavy atom. The van der Waals surface area contributed by atoms with Crippen molar-refractivity contribution < 1.29 is 4.79 Å². The van der Waals surface area contributed by atoms with Gasteiger partial charge in [-0.05, 0) is 73.1 Å². The van der Waals surface area contributed by atoms with Crippen LogP contribution in [0.2, 0.25) is 10.0 Å². The number of hydrogen-bond donors (Lipinski definition) is 1. The fourth-order valence-corrected chi connectivity index (χ4v) is 5.34. The summed E-state index contributed by atoms with van der Waals surface area (Å²) in [5.74, 6) is -0.155. The summed E-state index contributed by atoms with van der Waals surface area (Å²) in [6, 6.07) is 21.6. The molecule has 4 aromatic rings. The number of amides is 1. The molecule has 1 aliphatic heterocycles. The van der Waals surface area contributed by atoms with Crippen molar-refractivity contribution in [2.75, 3.05) is 0 Å². The quantitative estimate of drug-likeness (QED) is 0.291. The highest BCUT2D eigenvalue weighted by Crippen LogP contribution is 2.34. The molecule has 0 unspecified atom stereocenters. The van der Waals surface area contributed by atoms with Gasteiger partial charge in [-0.1, -0.05) is 59.6 Å². The van der Waals surface area contributed by atoms with Crippen molar-refractivity contribution in [2.45, 2.75) is 20.4 Å². The number of hydrogen-bond acceptors (Lipinski definition) is 3. The number of aliphatic imine (C=N–C) groups is 1. The first-order valence-corrected chi connectivity index (χ1v) is 12.3. The molecule has 0 spiro atoms. The van der Waals surface area contributed by atoms with Gasteiger partial charge in [0.15, 0.2) is 5.17 Å². The molecule has 1 fully saturated rings. The molecular formula is C27H21Cl2N3OS. The SMILES string of the molecule is Cc1cc(Cl)ccc1N=C1NC(=O)/C(=C/c2c(C)n(Cc3ccccc3Cl)c3ccccc23)S1. The predicted molar refractivity (Wildman–Crippen MR) is 144 cm³/mol. The number of aromatic nitrogens is 1. The lowest BCUT2D eigenvalue weighted by atomic mass is 10.1. The van der Waals surface area contributed by atoms with E-state index in [4.69, 9.17) is 23.2 Å². The van der Waals surface area contributed by atoms with Crippen LogP contribution in [0.4, 0.5) is 5.69 Å². The zero-order valence-corrected chi connectivity index (χ0v) is 20.9. The maximum Gasteiger partial charge on any atom is 0.264 e. The fourth-order valence-electron chi connectivity index (χ4n) is 4.11. The lowest BCUT2D eigenvalue weighted by Crippen LogP contribution is -2.19. The number of para-hydroxylation sites is 1. The van der Waals surface area contributed by atoms with Gasteiger partial charge in [0.05, 0.1) is 10.6 Å². The van der Waals surface area contributed by atoms with Gasteiger partial charge in [-0.15, -0.1) is 0 Å². The molecule has 0 bridgehead atoms. The van der Waals surface area contributed by atoms with Crippen LogP contribution in [0, 0.1) is 13.8 Å². The van der Waals surface area contributed by atoms with Gasteiger partial charge in [0.1, 0.15) is 0 Å². The van der Waals surface area contributed by atoms with Crippen LogP contribution in [0.15, 0.2) is 76.6 Å². The van der Waals surface area contributed by atoms with E-state index in [1.165, 1.54) is 11.8 Å². The maximum absolute atomic E-state index is 12.8. The molecule has 5 rings (SSSR count). The molecule has 34 heavy (non-hydrogen) atoms. The zero-order chi connectivity index (χ0) is 23.8. The Balaban J connectivity index is 1.53. The first-order valence-electron chi connectivity index (χ1n) is 10.8. The Bertz CT molecular complexity index is 1500. The molecule has 1 aromatic heterocycles. The van der Waals surface area contributed by atoms with E-state index >= 15 is 0 Å². The molecule has 3 aromatic carbocycles. The molecule has 7 heteroatoms. The minimum atomic E-state index is -0.155. The van der Waals surface area contributed by atoms with Crippen molar-refractivity contribution in [1.29, 1.82) is 0 Å². The van der Waals surface area contributed by atoms with Crippen LogP contribution in [0.3, 0.4) is 0 Å². The summed E-state index contributed by atoms with van der Waals surface area (Å²) in [6.45, 7) is 4.67. The summed E-state index contributed by atoms with van der Waals surface area (Å²) in [5.41, 5.74) is 5.96. The number of rotatable bonds is 4. The van der Waals surface area contributed by atoms with Gasteiger partial charge < -0.3 is 9.88 Å². The number of benzene rings is 3. The number of carbonyl (C=O) groups excluding carboxylic acids is 1. The highest BCUT2D eigenvalue weighted by Gasteiger charge is 2.25. The molecular weight excluding hydrogens is 485 g/mol. The van der Waals surface area contributed by atoms with E-state index in [2.05, 4.69) is 33.9 Å². The number of halogens is 2. The molecule has 1 N–H and O–H groups in total. The van der Waals surface area contributed by atoms with Crippen molar-refractivity contribution in [3.8, 4) is 0 Å². The lowest BCUT2D eigenvalue weighted by molar-refractivity contribution is -0.115.